The number of rotatable bonds is 1. The van der Waals surface area contributed by atoms with Crippen molar-refractivity contribution in [3.63, 3.8) is 0 Å². The molecule has 0 radical (unpaired) electrons. The minimum atomic E-state index is 0.523. The fourth-order valence-electron chi connectivity index (χ4n) is 2.16. The average Bonchev–Trinajstić information content (AvgIpc) is 2.41. The van der Waals surface area contributed by atoms with Crippen molar-refractivity contribution in [1.82, 2.24) is 9.97 Å². The van der Waals surface area contributed by atoms with Crippen LogP contribution in [0.1, 0.15) is 11.1 Å². The number of fused-ring (bicyclic) bond motifs is 1. The van der Waals surface area contributed by atoms with Gasteiger partial charge in [-0.1, -0.05) is 18.2 Å². The molecule has 0 aliphatic carbocycles. The number of aromatic nitrogens is 2. The number of nitrogens with zero attached hydrogens (tertiary/aromatic N) is 2. The van der Waals surface area contributed by atoms with Crippen molar-refractivity contribution < 1.29 is 0 Å². The van der Waals surface area contributed by atoms with Crippen LogP contribution in [-0.4, -0.2) is 9.97 Å². The average molecular weight is 249 g/mol. The third-order valence-electron chi connectivity index (χ3n) is 3.44. The van der Waals surface area contributed by atoms with Crippen molar-refractivity contribution >= 4 is 16.9 Å². The first-order valence-corrected chi connectivity index (χ1v) is 6.24. The molecular weight excluding hydrogens is 234 g/mol. The minimum absolute atomic E-state index is 0.523. The maximum Gasteiger partial charge on any atom is 0.161 e. The topological polar surface area (TPSA) is 51.8 Å². The molecule has 0 aliphatic rings. The van der Waals surface area contributed by atoms with Gasteiger partial charge in [0.2, 0.25) is 0 Å². The highest BCUT2D eigenvalue weighted by Gasteiger charge is 2.07. The summed E-state index contributed by atoms with van der Waals surface area (Å²) >= 11 is 0. The van der Waals surface area contributed by atoms with E-state index in [2.05, 4.69) is 48.1 Å². The van der Waals surface area contributed by atoms with Gasteiger partial charge in [-0.2, -0.15) is 0 Å². The van der Waals surface area contributed by atoms with Crippen molar-refractivity contribution in [3.8, 4) is 11.1 Å². The normalized spacial score (nSPS) is 10.8. The third kappa shape index (κ3) is 2.03. The molecule has 3 aromatic rings. The van der Waals surface area contributed by atoms with Crippen LogP contribution >= 0.6 is 0 Å². The van der Waals surface area contributed by atoms with E-state index in [1.165, 1.54) is 11.1 Å². The SMILES string of the molecule is Cc1ccc(-c2cc3cccnc3nc2N)cc1C. The highest BCUT2D eigenvalue weighted by Crippen LogP contribution is 2.28. The standard InChI is InChI=1S/C16H15N3/c1-10-5-6-12(8-11(10)2)14-9-13-4-3-7-18-16(13)19-15(14)17/h3-9H,1-2H3,(H2,17,18,19). The lowest BCUT2D eigenvalue weighted by Gasteiger charge is -2.09. The van der Waals surface area contributed by atoms with E-state index in [0.717, 1.165) is 16.5 Å². The van der Waals surface area contributed by atoms with Crippen LogP contribution in [-0.2, 0) is 0 Å². The van der Waals surface area contributed by atoms with E-state index < -0.39 is 0 Å². The number of anilines is 1. The quantitative estimate of drug-likeness (QED) is 0.718. The molecule has 0 unspecified atom stereocenters. The number of aryl methyl sites for hydroxylation is 2. The van der Waals surface area contributed by atoms with Gasteiger partial charge in [-0.05, 0) is 48.7 Å². The van der Waals surface area contributed by atoms with Crippen molar-refractivity contribution in [3.05, 3.63) is 53.7 Å². The molecule has 0 saturated carbocycles. The Bertz CT molecular complexity index is 763. The van der Waals surface area contributed by atoms with Gasteiger partial charge in [0, 0.05) is 17.1 Å². The maximum absolute atomic E-state index is 6.06. The highest BCUT2D eigenvalue weighted by atomic mass is 14.9. The van der Waals surface area contributed by atoms with Crippen LogP contribution in [0.3, 0.4) is 0 Å². The number of nitrogens with two attached hydrogens (primary N) is 1. The first kappa shape index (κ1) is 11.7. The molecular formula is C16H15N3. The van der Waals surface area contributed by atoms with Crippen LogP contribution in [0.5, 0.6) is 0 Å². The van der Waals surface area contributed by atoms with Crippen LogP contribution in [0.25, 0.3) is 22.2 Å². The Morgan fingerprint density at radius 1 is 1.00 bits per heavy atom. The first-order valence-electron chi connectivity index (χ1n) is 6.24. The first-order chi connectivity index (χ1) is 9.15. The summed E-state index contributed by atoms with van der Waals surface area (Å²) in [5, 5.41) is 1.00. The molecule has 2 N–H and O–H groups in total. The lowest BCUT2D eigenvalue weighted by atomic mass is 10.0. The van der Waals surface area contributed by atoms with Gasteiger partial charge < -0.3 is 5.73 Å². The summed E-state index contributed by atoms with van der Waals surface area (Å²) in [6.45, 7) is 4.20. The van der Waals surface area contributed by atoms with Gasteiger partial charge in [-0.15, -0.1) is 0 Å². The summed E-state index contributed by atoms with van der Waals surface area (Å²) in [5.74, 6) is 0.523. The smallest absolute Gasteiger partial charge is 0.161 e. The van der Waals surface area contributed by atoms with Crippen LogP contribution in [0.4, 0.5) is 5.82 Å². The Balaban J connectivity index is 2.23. The van der Waals surface area contributed by atoms with E-state index in [4.69, 9.17) is 5.73 Å². The largest absolute Gasteiger partial charge is 0.383 e. The van der Waals surface area contributed by atoms with Gasteiger partial charge in [-0.25, -0.2) is 9.97 Å². The number of nitrogen functional groups attached to an aromatic ring is 1. The molecule has 0 bridgehead atoms. The van der Waals surface area contributed by atoms with Crippen LogP contribution < -0.4 is 5.73 Å². The molecule has 2 aromatic heterocycles. The maximum atomic E-state index is 6.06. The van der Waals surface area contributed by atoms with Gasteiger partial charge in [-0.3, -0.25) is 0 Å². The number of pyridine rings is 2. The Kier molecular flexibility index (Phi) is 2.67. The van der Waals surface area contributed by atoms with Gasteiger partial charge in [0.15, 0.2) is 5.65 Å². The van der Waals surface area contributed by atoms with Gasteiger partial charge in [0.25, 0.3) is 0 Å². The van der Waals surface area contributed by atoms with Gasteiger partial charge >= 0.3 is 0 Å². The van der Waals surface area contributed by atoms with E-state index in [0.29, 0.717) is 11.5 Å². The van der Waals surface area contributed by atoms with Gasteiger partial charge in [0.05, 0.1) is 0 Å². The fourth-order valence-corrected chi connectivity index (χ4v) is 2.16. The Hall–Kier alpha value is -2.42. The van der Waals surface area contributed by atoms with Gasteiger partial charge in [0.1, 0.15) is 5.82 Å². The molecule has 3 nitrogen and oxygen atoms in total. The predicted octanol–water partition coefficient (Wildman–Crippen LogP) is 3.50. The predicted molar refractivity (Wildman–Crippen MR) is 78.9 cm³/mol. The van der Waals surface area contributed by atoms with Crippen molar-refractivity contribution in [1.29, 1.82) is 0 Å². The Morgan fingerprint density at radius 3 is 2.63 bits per heavy atom. The number of hydrogen-bond donors (Lipinski definition) is 1. The van der Waals surface area contributed by atoms with E-state index >= 15 is 0 Å². The molecule has 3 heteroatoms. The fraction of sp³-hybridized carbons (Fsp3) is 0.125. The second-order valence-corrected chi connectivity index (χ2v) is 4.77. The van der Waals surface area contributed by atoms with Crippen molar-refractivity contribution in [2.24, 2.45) is 0 Å². The molecule has 0 amide bonds. The summed E-state index contributed by atoms with van der Waals surface area (Å²) in [5.41, 5.74) is 11.3. The molecule has 94 valence electrons. The third-order valence-corrected chi connectivity index (χ3v) is 3.44. The summed E-state index contributed by atoms with van der Waals surface area (Å²) in [7, 11) is 0. The molecule has 0 atom stereocenters. The van der Waals surface area contributed by atoms with E-state index in [-0.39, 0.29) is 0 Å². The second kappa shape index (κ2) is 4.35. The molecule has 0 spiro atoms. The van der Waals surface area contributed by atoms with Crippen LogP contribution in [0.2, 0.25) is 0 Å². The molecule has 0 fully saturated rings. The molecule has 1 aromatic carbocycles. The lowest BCUT2D eigenvalue weighted by Crippen LogP contribution is -1.96. The number of hydrogen-bond acceptors (Lipinski definition) is 3. The zero-order valence-electron chi connectivity index (χ0n) is 11.0. The van der Waals surface area contributed by atoms with E-state index in [1.54, 1.807) is 6.20 Å². The lowest BCUT2D eigenvalue weighted by molar-refractivity contribution is 1.29. The van der Waals surface area contributed by atoms with Crippen molar-refractivity contribution in [2.45, 2.75) is 13.8 Å². The molecule has 3 rings (SSSR count). The van der Waals surface area contributed by atoms with E-state index in [9.17, 15) is 0 Å². The van der Waals surface area contributed by atoms with Crippen molar-refractivity contribution in [2.75, 3.05) is 5.73 Å². The van der Waals surface area contributed by atoms with E-state index in [1.807, 2.05) is 12.1 Å². The van der Waals surface area contributed by atoms with Crippen LogP contribution in [0.15, 0.2) is 42.6 Å². The summed E-state index contributed by atoms with van der Waals surface area (Å²) in [4.78, 5) is 8.59. The zero-order valence-corrected chi connectivity index (χ0v) is 11.0. The number of benzene rings is 1. The molecule has 0 aliphatic heterocycles. The summed E-state index contributed by atoms with van der Waals surface area (Å²) < 4.78 is 0. The zero-order chi connectivity index (χ0) is 13.4. The molecule has 0 saturated heterocycles. The second-order valence-electron chi connectivity index (χ2n) is 4.77. The van der Waals surface area contributed by atoms with Crippen LogP contribution in [0, 0.1) is 13.8 Å². The Labute approximate surface area is 112 Å². The molecule has 19 heavy (non-hydrogen) atoms. The summed E-state index contributed by atoms with van der Waals surface area (Å²) in [6.07, 6.45) is 1.73. The molecule has 2 heterocycles. The Morgan fingerprint density at radius 2 is 1.84 bits per heavy atom. The minimum Gasteiger partial charge on any atom is -0.383 e. The summed E-state index contributed by atoms with van der Waals surface area (Å²) in [6, 6.07) is 12.3. The monoisotopic (exact) mass is 249 g/mol. The highest BCUT2D eigenvalue weighted by molar-refractivity contribution is 5.86.